The van der Waals surface area contributed by atoms with Crippen molar-refractivity contribution in [1.29, 1.82) is 0 Å². The second kappa shape index (κ2) is 4.69. The maximum absolute atomic E-state index is 10.7. The number of aryl methyl sites for hydroxylation is 2. The van der Waals surface area contributed by atoms with Crippen molar-refractivity contribution >= 4 is 39.3 Å². The van der Waals surface area contributed by atoms with Gasteiger partial charge in [-0.1, -0.05) is 0 Å². The molecule has 96 valence electrons. The van der Waals surface area contributed by atoms with Crippen LogP contribution in [0.3, 0.4) is 0 Å². The first-order valence-corrected chi connectivity index (χ1v) is 5.95. The van der Waals surface area contributed by atoms with E-state index in [0.29, 0.717) is 12.2 Å². The fourth-order valence-corrected chi connectivity index (χ4v) is 2.89. The molecular weight excluding hydrogens is 322 g/mol. The van der Waals surface area contributed by atoms with E-state index in [4.69, 9.17) is 4.42 Å². The number of furan rings is 1. The molecule has 0 fully saturated rings. The molecule has 18 heavy (non-hydrogen) atoms. The second-order valence-corrected chi connectivity index (χ2v) is 4.80. The summed E-state index contributed by atoms with van der Waals surface area (Å²) in [6.45, 7) is 0. The van der Waals surface area contributed by atoms with E-state index in [-0.39, 0.29) is 22.9 Å². The molecule has 0 radical (unpaired) electrons. The van der Waals surface area contributed by atoms with Crippen molar-refractivity contribution in [2.75, 3.05) is 12.4 Å². The largest absolute Gasteiger partial charge is 0.433 e. The highest BCUT2D eigenvalue weighted by Crippen LogP contribution is 2.40. The Kier molecular flexibility index (Phi) is 3.40. The van der Waals surface area contributed by atoms with Gasteiger partial charge in [-0.15, -0.1) is 28.3 Å². The molecule has 0 saturated heterocycles. The lowest BCUT2D eigenvalue weighted by atomic mass is 10.0. The number of thiazole rings is 1. The maximum atomic E-state index is 10.7. The van der Waals surface area contributed by atoms with Gasteiger partial charge in [0, 0.05) is 18.3 Å². The summed E-state index contributed by atoms with van der Waals surface area (Å²) in [5, 5.41) is 14.5. The molecule has 0 spiro atoms. The number of nitrogens with one attached hydrogen (secondary N) is 1. The van der Waals surface area contributed by atoms with E-state index < -0.39 is 4.92 Å². The molecule has 0 atom stereocenters. The Labute approximate surface area is 117 Å². The third-order valence-corrected chi connectivity index (χ3v) is 3.85. The maximum Gasteiger partial charge on any atom is 0.433 e. The molecule has 0 bridgehead atoms. The summed E-state index contributed by atoms with van der Waals surface area (Å²) in [5.41, 5.74) is 1.58. The van der Waals surface area contributed by atoms with Gasteiger partial charge in [-0.2, -0.15) is 0 Å². The van der Waals surface area contributed by atoms with Gasteiger partial charge < -0.3 is 9.73 Å². The second-order valence-electron chi connectivity index (χ2n) is 3.72. The van der Waals surface area contributed by atoms with Gasteiger partial charge in [-0.3, -0.25) is 10.1 Å². The zero-order chi connectivity index (χ0) is 12.0. The van der Waals surface area contributed by atoms with Crippen molar-refractivity contribution in [3.8, 4) is 11.3 Å². The molecule has 0 amide bonds. The average Bonchev–Trinajstić information content (AvgIpc) is 2.91. The SMILES string of the molecule is Br.CNc1nc2c(s1)CCc1oc([N+](=O)[O-])cc1-2. The molecule has 0 aliphatic heterocycles. The molecule has 0 aromatic carbocycles. The lowest BCUT2D eigenvalue weighted by Crippen LogP contribution is -1.98. The number of nitro groups is 1. The molecule has 1 aliphatic rings. The zero-order valence-electron chi connectivity index (χ0n) is 9.43. The van der Waals surface area contributed by atoms with Crippen molar-refractivity contribution in [3.05, 3.63) is 26.8 Å². The Morgan fingerprint density at radius 3 is 3.00 bits per heavy atom. The number of aromatic nitrogens is 1. The predicted molar refractivity (Wildman–Crippen MR) is 73.7 cm³/mol. The van der Waals surface area contributed by atoms with Crippen LogP contribution in [0.15, 0.2) is 10.5 Å². The van der Waals surface area contributed by atoms with Crippen LogP contribution in [-0.2, 0) is 12.8 Å². The standard InChI is InChI=1S/C10H9N3O3S.BrH/c1-11-10-12-9-5-4-8(13(14)15)16-6(5)2-3-7(9)17-10;/h4H,2-3H2,1H3,(H,11,12);1H. The van der Waals surface area contributed by atoms with Crippen molar-refractivity contribution in [3.63, 3.8) is 0 Å². The van der Waals surface area contributed by atoms with E-state index >= 15 is 0 Å². The highest BCUT2D eigenvalue weighted by molar-refractivity contribution is 8.93. The van der Waals surface area contributed by atoms with Gasteiger partial charge in [-0.25, -0.2) is 4.98 Å². The van der Waals surface area contributed by atoms with E-state index in [9.17, 15) is 10.1 Å². The van der Waals surface area contributed by atoms with Crippen LogP contribution in [0.1, 0.15) is 10.6 Å². The highest BCUT2D eigenvalue weighted by atomic mass is 79.9. The number of halogens is 1. The average molecular weight is 332 g/mol. The number of rotatable bonds is 2. The van der Waals surface area contributed by atoms with Crippen LogP contribution in [0.4, 0.5) is 11.0 Å². The lowest BCUT2D eigenvalue weighted by Gasteiger charge is -2.07. The minimum Gasteiger partial charge on any atom is -0.405 e. The normalized spacial score (nSPS) is 12.3. The van der Waals surface area contributed by atoms with E-state index in [1.54, 1.807) is 11.3 Å². The van der Waals surface area contributed by atoms with Crippen LogP contribution in [0.25, 0.3) is 11.3 Å². The molecule has 2 heterocycles. The third kappa shape index (κ3) is 1.91. The Morgan fingerprint density at radius 2 is 2.33 bits per heavy atom. The molecule has 6 nitrogen and oxygen atoms in total. The van der Waals surface area contributed by atoms with Gasteiger partial charge in [0.2, 0.25) is 0 Å². The molecular formula is C10H10BrN3O3S. The van der Waals surface area contributed by atoms with E-state index in [1.165, 1.54) is 6.07 Å². The fourth-order valence-electron chi connectivity index (χ4n) is 1.96. The first kappa shape index (κ1) is 13.0. The summed E-state index contributed by atoms with van der Waals surface area (Å²) in [4.78, 5) is 15.7. The molecule has 1 N–H and O–H groups in total. The fraction of sp³-hybridized carbons (Fsp3) is 0.300. The minimum atomic E-state index is -0.511. The molecule has 8 heteroatoms. The van der Waals surface area contributed by atoms with Gasteiger partial charge in [0.1, 0.15) is 10.7 Å². The lowest BCUT2D eigenvalue weighted by molar-refractivity contribution is -0.402. The summed E-state index contributed by atoms with van der Waals surface area (Å²) in [7, 11) is 1.81. The first-order valence-electron chi connectivity index (χ1n) is 5.14. The number of nitrogens with zero attached hydrogens (tertiary/aromatic N) is 2. The number of anilines is 1. The summed E-state index contributed by atoms with van der Waals surface area (Å²) in [6.07, 6.45) is 1.52. The van der Waals surface area contributed by atoms with E-state index in [1.807, 2.05) is 7.05 Å². The van der Waals surface area contributed by atoms with Crippen LogP contribution < -0.4 is 5.32 Å². The molecule has 1 aliphatic carbocycles. The first-order chi connectivity index (χ1) is 8.19. The smallest absolute Gasteiger partial charge is 0.405 e. The Balaban J connectivity index is 0.00000120. The van der Waals surface area contributed by atoms with Gasteiger partial charge in [0.05, 0.1) is 17.3 Å². The minimum absolute atomic E-state index is 0. The topological polar surface area (TPSA) is 81.2 Å². The highest BCUT2D eigenvalue weighted by Gasteiger charge is 2.27. The molecule has 2 aromatic heterocycles. The van der Waals surface area contributed by atoms with Crippen LogP contribution >= 0.6 is 28.3 Å². The Hall–Kier alpha value is -1.41. The molecule has 2 aromatic rings. The third-order valence-electron chi connectivity index (χ3n) is 2.72. The van der Waals surface area contributed by atoms with Crippen molar-refractivity contribution in [2.24, 2.45) is 0 Å². The van der Waals surface area contributed by atoms with Crippen molar-refractivity contribution in [2.45, 2.75) is 12.8 Å². The number of fused-ring (bicyclic) bond motifs is 3. The molecule has 0 unspecified atom stereocenters. The van der Waals surface area contributed by atoms with Crippen molar-refractivity contribution < 1.29 is 9.34 Å². The summed E-state index contributed by atoms with van der Waals surface area (Å²) >= 11 is 1.58. The predicted octanol–water partition coefficient (Wildman–Crippen LogP) is 3.03. The van der Waals surface area contributed by atoms with Gasteiger partial charge in [0.15, 0.2) is 5.13 Å². The van der Waals surface area contributed by atoms with Crippen LogP contribution in [0, 0.1) is 10.1 Å². The summed E-state index contributed by atoms with van der Waals surface area (Å²) in [6, 6.07) is 1.46. The van der Waals surface area contributed by atoms with Gasteiger partial charge >= 0.3 is 5.88 Å². The zero-order valence-corrected chi connectivity index (χ0v) is 12.0. The van der Waals surface area contributed by atoms with Gasteiger partial charge in [-0.05, 0) is 6.42 Å². The van der Waals surface area contributed by atoms with Crippen LogP contribution in [0.5, 0.6) is 0 Å². The molecule has 0 saturated carbocycles. The Morgan fingerprint density at radius 1 is 1.56 bits per heavy atom. The van der Waals surface area contributed by atoms with E-state index in [2.05, 4.69) is 10.3 Å². The van der Waals surface area contributed by atoms with Crippen LogP contribution in [-0.4, -0.2) is 17.0 Å². The summed E-state index contributed by atoms with van der Waals surface area (Å²) in [5.74, 6) is 0.457. The quantitative estimate of drug-likeness (QED) is 0.675. The molecule has 3 rings (SSSR count). The van der Waals surface area contributed by atoms with E-state index in [0.717, 1.165) is 27.7 Å². The Bertz CT molecular complexity index is 608. The van der Waals surface area contributed by atoms with Gasteiger partial charge in [0.25, 0.3) is 0 Å². The number of hydrogen-bond acceptors (Lipinski definition) is 6. The number of hydrogen-bond donors (Lipinski definition) is 1. The summed E-state index contributed by atoms with van der Waals surface area (Å²) < 4.78 is 5.21. The van der Waals surface area contributed by atoms with Crippen LogP contribution in [0.2, 0.25) is 0 Å². The van der Waals surface area contributed by atoms with Crippen molar-refractivity contribution in [1.82, 2.24) is 4.98 Å². The monoisotopic (exact) mass is 331 g/mol.